The number of aryl methyl sites for hydroxylation is 3. The second-order valence-electron chi connectivity index (χ2n) is 13.2. The average Bonchev–Trinajstić information content (AvgIpc) is 3.09. The van der Waals surface area contributed by atoms with Gasteiger partial charge < -0.3 is 14.2 Å². The summed E-state index contributed by atoms with van der Waals surface area (Å²) in [4.78, 5) is 2.15. The van der Waals surface area contributed by atoms with Crippen LogP contribution in [0.4, 0.5) is 0 Å². The number of benzene rings is 3. The van der Waals surface area contributed by atoms with Crippen molar-refractivity contribution >= 4 is 30.1 Å². The van der Waals surface area contributed by atoms with Gasteiger partial charge in [0.1, 0.15) is 0 Å². The van der Waals surface area contributed by atoms with E-state index in [1.165, 1.54) is 49.3 Å². The lowest BCUT2D eigenvalue weighted by molar-refractivity contribution is -0.0787. The highest BCUT2D eigenvalue weighted by molar-refractivity contribution is 7.89. The van der Waals surface area contributed by atoms with Crippen LogP contribution < -0.4 is 0 Å². The Balaban J connectivity index is 1.84. The predicted molar refractivity (Wildman–Crippen MR) is 200 cm³/mol. The van der Waals surface area contributed by atoms with Gasteiger partial charge in [0.05, 0.1) is 40.0 Å². The Hall–Kier alpha value is -2.77. The molecular formula is C36H52N4O9S3. The van der Waals surface area contributed by atoms with Gasteiger partial charge in [-0.05, 0) is 57.2 Å². The van der Waals surface area contributed by atoms with Gasteiger partial charge in [-0.25, -0.2) is 25.3 Å². The fourth-order valence-corrected chi connectivity index (χ4v) is 10.6. The first-order valence-electron chi connectivity index (χ1n) is 17.0. The summed E-state index contributed by atoms with van der Waals surface area (Å²) in [5, 5.41) is 0. The third kappa shape index (κ3) is 9.85. The number of nitrogens with zero attached hydrogens (tertiary/aromatic N) is 4. The maximum Gasteiger partial charge on any atom is 0.243 e. The number of sulfonamides is 3. The maximum atomic E-state index is 14.3. The van der Waals surface area contributed by atoms with Crippen LogP contribution in [0.1, 0.15) is 16.7 Å². The summed E-state index contributed by atoms with van der Waals surface area (Å²) in [6, 6.07) is 19.4. The zero-order valence-electron chi connectivity index (χ0n) is 30.9. The van der Waals surface area contributed by atoms with Crippen LogP contribution in [0.15, 0.2) is 87.5 Å². The molecule has 0 bridgehead atoms. The molecule has 1 heterocycles. The normalized spacial score (nSPS) is 17.4. The molecule has 1 fully saturated rings. The van der Waals surface area contributed by atoms with Crippen molar-refractivity contribution in [2.45, 2.75) is 41.0 Å². The zero-order valence-corrected chi connectivity index (χ0v) is 33.3. The van der Waals surface area contributed by atoms with E-state index in [-0.39, 0.29) is 86.9 Å². The van der Waals surface area contributed by atoms with E-state index in [1.54, 1.807) is 57.7 Å². The van der Waals surface area contributed by atoms with Crippen LogP contribution in [0.3, 0.4) is 0 Å². The second kappa shape index (κ2) is 18.0. The summed E-state index contributed by atoms with van der Waals surface area (Å²) in [6.07, 6.45) is 0. The topological polar surface area (TPSA) is 143 Å². The average molecular weight is 781 g/mol. The molecule has 0 aromatic heterocycles. The van der Waals surface area contributed by atoms with Gasteiger partial charge in [-0.15, -0.1) is 0 Å². The van der Waals surface area contributed by atoms with Gasteiger partial charge in [-0.3, -0.25) is 4.90 Å². The van der Waals surface area contributed by atoms with E-state index in [2.05, 4.69) is 0 Å². The van der Waals surface area contributed by atoms with E-state index in [4.69, 9.17) is 14.2 Å². The van der Waals surface area contributed by atoms with Crippen molar-refractivity contribution in [3.05, 3.63) is 89.5 Å². The fourth-order valence-electron chi connectivity index (χ4n) is 6.34. The standard InChI is InChI=1S/C36H52N4O9S3/c1-30-7-13-33(14-8-30)50(41,42)38-21-19-37(36(27-47-4,28-48-5)29-49-6)20-22-39(51(43,44)34-15-9-31(2)10-16-34)24-26-40(25-23-38)52(45,46)35-17-11-32(3)12-18-35/h7-18H,19-29H2,1-6H3. The molecule has 1 saturated heterocycles. The van der Waals surface area contributed by atoms with Gasteiger partial charge in [-0.1, -0.05) is 53.1 Å². The summed E-state index contributed by atoms with van der Waals surface area (Å²) in [5.74, 6) is 0. The molecule has 0 amide bonds. The molecule has 3 aromatic rings. The van der Waals surface area contributed by atoms with Crippen molar-refractivity contribution in [3.63, 3.8) is 0 Å². The van der Waals surface area contributed by atoms with Crippen LogP contribution in [0, 0.1) is 20.8 Å². The molecule has 16 heteroatoms. The largest absolute Gasteiger partial charge is 0.383 e. The van der Waals surface area contributed by atoms with E-state index < -0.39 is 35.6 Å². The summed E-state index contributed by atoms with van der Waals surface area (Å²) in [5.41, 5.74) is 1.74. The van der Waals surface area contributed by atoms with Crippen LogP contribution in [0.25, 0.3) is 0 Å². The lowest BCUT2D eigenvalue weighted by Gasteiger charge is -2.44. The van der Waals surface area contributed by atoms with Gasteiger partial charge in [0, 0.05) is 73.7 Å². The second-order valence-corrected chi connectivity index (χ2v) is 19.0. The smallest absolute Gasteiger partial charge is 0.243 e. The van der Waals surface area contributed by atoms with Crippen molar-refractivity contribution in [2.24, 2.45) is 0 Å². The Labute approximate surface area is 310 Å². The van der Waals surface area contributed by atoms with E-state index >= 15 is 0 Å². The van der Waals surface area contributed by atoms with Crippen LogP contribution in [-0.4, -0.2) is 142 Å². The highest BCUT2D eigenvalue weighted by Crippen LogP contribution is 2.25. The Morgan fingerprint density at radius 2 is 0.673 bits per heavy atom. The molecule has 0 N–H and O–H groups in total. The minimum absolute atomic E-state index is 0.0285. The van der Waals surface area contributed by atoms with Crippen LogP contribution in [0.5, 0.6) is 0 Å². The van der Waals surface area contributed by atoms with Crippen LogP contribution >= 0.6 is 0 Å². The van der Waals surface area contributed by atoms with Gasteiger partial charge in [0.25, 0.3) is 0 Å². The van der Waals surface area contributed by atoms with Crippen molar-refractivity contribution in [1.29, 1.82) is 0 Å². The third-order valence-electron chi connectivity index (χ3n) is 9.32. The molecule has 0 spiro atoms. The first kappa shape index (κ1) is 42.0. The summed E-state index contributed by atoms with van der Waals surface area (Å²) >= 11 is 0. The van der Waals surface area contributed by atoms with Crippen molar-refractivity contribution < 1.29 is 39.5 Å². The minimum atomic E-state index is -4.17. The number of rotatable bonds is 13. The van der Waals surface area contributed by atoms with Gasteiger partial charge in [-0.2, -0.15) is 12.9 Å². The Morgan fingerprint density at radius 3 is 0.904 bits per heavy atom. The SMILES string of the molecule is COCC(COC)(COC)N1CCN(S(=O)(=O)c2ccc(C)cc2)CCN(S(=O)(=O)c2ccc(C)cc2)CCN(S(=O)(=O)c2ccc(C)cc2)CC1. The van der Waals surface area contributed by atoms with Crippen LogP contribution in [-0.2, 0) is 44.3 Å². The molecule has 13 nitrogen and oxygen atoms in total. The molecule has 0 aliphatic carbocycles. The molecule has 1 aliphatic rings. The van der Waals surface area contributed by atoms with Crippen molar-refractivity contribution in [2.75, 3.05) is 93.5 Å². The lowest BCUT2D eigenvalue weighted by Crippen LogP contribution is -2.61. The molecule has 4 rings (SSSR count). The number of methoxy groups -OCH3 is 3. The van der Waals surface area contributed by atoms with E-state index in [0.29, 0.717) is 0 Å². The summed E-state index contributed by atoms with van der Waals surface area (Å²) in [7, 11) is -7.74. The summed E-state index contributed by atoms with van der Waals surface area (Å²) < 4.78 is 106. The molecule has 0 unspecified atom stereocenters. The fraction of sp³-hybridized carbons (Fsp3) is 0.500. The quantitative estimate of drug-likeness (QED) is 0.254. The van der Waals surface area contributed by atoms with Gasteiger partial charge >= 0.3 is 0 Å². The molecule has 1 aliphatic heterocycles. The van der Waals surface area contributed by atoms with Crippen molar-refractivity contribution in [1.82, 2.24) is 17.8 Å². The summed E-state index contributed by atoms with van der Waals surface area (Å²) in [6.45, 7) is 5.36. The third-order valence-corrected chi connectivity index (χ3v) is 15.1. The first-order chi connectivity index (χ1) is 24.6. The number of hydrogen-bond acceptors (Lipinski definition) is 10. The van der Waals surface area contributed by atoms with Crippen molar-refractivity contribution in [3.8, 4) is 0 Å². The van der Waals surface area contributed by atoms with Gasteiger partial charge in [0.2, 0.25) is 30.1 Å². The first-order valence-corrected chi connectivity index (χ1v) is 21.3. The Bertz CT molecular complexity index is 1820. The molecule has 3 aromatic carbocycles. The maximum absolute atomic E-state index is 14.3. The predicted octanol–water partition coefficient (Wildman–Crippen LogP) is 2.98. The van der Waals surface area contributed by atoms with Gasteiger partial charge in [0.15, 0.2) is 0 Å². The molecule has 0 saturated carbocycles. The highest BCUT2D eigenvalue weighted by atomic mass is 32.2. The van der Waals surface area contributed by atoms with E-state index in [9.17, 15) is 25.3 Å². The number of ether oxygens (including phenoxy) is 3. The minimum Gasteiger partial charge on any atom is -0.383 e. The zero-order chi connectivity index (χ0) is 38.2. The van der Waals surface area contributed by atoms with E-state index in [1.807, 2.05) is 25.7 Å². The molecule has 0 atom stereocenters. The number of hydrogen-bond donors (Lipinski definition) is 0. The molecule has 52 heavy (non-hydrogen) atoms. The molecular weight excluding hydrogens is 729 g/mol. The van der Waals surface area contributed by atoms with E-state index in [0.717, 1.165) is 16.7 Å². The highest BCUT2D eigenvalue weighted by Gasteiger charge is 2.40. The molecule has 0 radical (unpaired) electrons. The molecule has 288 valence electrons. The van der Waals surface area contributed by atoms with Crippen LogP contribution in [0.2, 0.25) is 0 Å². The monoisotopic (exact) mass is 780 g/mol. The Kier molecular flexibility index (Phi) is 14.6. The lowest BCUT2D eigenvalue weighted by atomic mass is 10.00. The Morgan fingerprint density at radius 1 is 0.442 bits per heavy atom.